The number of carbonyl (C=O) groups is 2. The summed E-state index contributed by atoms with van der Waals surface area (Å²) >= 11 is 0. The summed E-state index contributed by atoms with van der Waals surface area (Å²) < 4.78 is 4.54. The van der Waals surface area contributed by atoms with Gasteiger partial charge in [-0.15, -0.1) is 0 Å². The number of aliphatic hydroxyl groups is 1. The number of rotatable bonds is 7. The number of carbonyl (C=O) groups excluding carboxylic acids is 2. The highest BCUT2D eigenvalue weighted by Gasteiger charge is 2.14. The van der Waals surface area contributed by atoms with Crippen LogP contribution in [0.4, 0.5) is 0 Å². The van der Waals surface area contributed by atoms with Gasteiger partial charge in [0.25, 0.3) is 0 Å². The van der Waals surface area contributed by atoms with Gasteiger partial charge in [0.2, 0.25) is 0 Å². The normalized spacial score (nSPS) is 22.1. The molecule has 0 heterocycles. The molecule has 0 saturated carbocycles. The molecule has 4 nitrogen and oxygen atoms in total. The minimum atomic E-state index is -0.495. The fraction of sp³-hybridized carbons (Fsp3) is 0.529. The molecule has 0 aromatic rings. The van der Waals surface area contributed by atoms with Crippen molar-refractivity contribution in [1.82, 2.24) is 0 Å². The Morgan fingerprint density at radius 3 is 3.00 bits per heavy atom. The van der Waals surface area contributed by atoms with Crippen LogP contribution in [-0.2, 0) is 14.3 Å². The number of esters is 1. The van der Waals surface area contributed by atoms with Crippen molar-refractivity contribution < 1.29 is 19.4 Å². The number of aliphatic hydroxyl groups excluding tert-OH is 1. The van der Waals surface area contributed by atoms with E-state index in [1.54, 1.807) is 6.08 Å². The first-order valence-corrected chi connectivity index (χ1v) is 7.37. The van der Waals surface area contributed by atoms with E-state index in [9.17, 15) is 14.7 Å². The van der Waals surface area contributed by atoms with Crippen LogP contribution in [0.1, 0.15) is 39.0 Å². The minimum absolute atomic E-state index is 0.316. The summed E-state index contributed by atoms with van der Waals surface area (Å²) in [6, 6.07) is 0. The molecule has 2 atom stereocenters. The summed E-state index contributed by atoms with van der Waals surface area (Å²) in [5, 5.41) is 9.49. The van der Waals surface area contributed by atoms with E-state index in [1.807, 2.05) is 6.08 Å². The Bertz CT molecular complexity index is 446. The zero-order valence-corrected chi connectivity index (χ0v) is 12.7. The summed E-state index contributed by atoms with van der Waals surface area (Å²) in [6.07, 6.45) is 11.6. The van der Waals surface area contributed by atoms with Gasteiger partial charge in [0.05, 0.1) is 13.2 Å². The maximum Gasteiger partial charge on any atom is 0.330 e. The van der Waals surface area contributed by atoms with Gasteiger partial charge in [0.15, 0.2) is 0 Å². The van der Waals surface area contributed by atoms with Crippen LogP contribution in [0.3, 0.4) is 0 Å². The zero-order chi connectivity index (χ0) is 15.7. The summed E-state index contributed by atoms with van der Waals surface area (Å²) in [6.45, 7) is 2.06. The molecule has 4 heteroatoms. The molecular weight excluding hydrogens is 268 g/mol. The van der Waals surface area contributed by atoms with Crippen molar-refractivity contribution in [3.05, 3.63) is 35.5 Å². The van der Waals surface area contributed by atoms with Crippen LogP contribution in [0.5, 0.6) is 0 Å². The Morgan fingerprint density at radius 2 is 2.33 bits per heavy atom. The maximum atomic E-state index is 11.0. The third-order valence-electron chi connectivity index (χ3n) is 3.60. The Labute approximate surface area is 126 Å². The molecule has 0 aromatic carbocycles. The van der Waals surface area contributed by atoms with Gasteiger partial charge in [-0.25, -0.2) is 4.79 Å². The van der Waals surface area contributed by atoms with Crippen molar-refractivity contribution in [2.75, 3.05) is 7.11 Å². The quantitative estimate of drug-likeness (QED) is 0.339. The second-order valence-corrected chi connectivity index (χ2v) is 5.37. The van der Waals surface area contributed by atoms with E-state index in [-0.39, 0.29) is 5.97 Å². The SMILES string of the molecule is COC(=O)/C=C/[C@H](C)CCC/C=C1\CCC(O)C=C1C=O. The van der Waals surface area contributed by atoms with E-state index in [4.69, 9.17) is 0 Å². The molecule has 0 aliphatic heterocycles. The van der Waals surface area contributed by atoms with Gasteiger partial charge in [-0.05, 0) is 49.7 Å². The predicted molar refractivity (Wildman–Crippen MR) is 81.6 cm³/mol. The molecule has 1 aliphatic rings. The molecule has 0 amide bonds. The fourth-order valence-corrected chi connectivity index (χ4v) is 2.30. The first-order chi connectivity index (χ1) is 10.1. The van der Waals surface area contributed by atoms with Crippen LogP contribution in [0.25, 0.3) is 0 Å². The van der Waals surface area contributed by atoms with Crippen molar-refractivity contribution in [2.24, 2.45) is 5.92 Å². The second kappa shape index (κ2) is 9.29. The average Bonchev–Trinajstić information content (AvgIpc) is 2.50. The second-order valence-electron chi connectivity index (χ2n) is 5.37. The van der Waals surface area contributed by atoms with Gasteiger partial charge in [-0.3, -0.25) is 4.79 Å². The van der Waals surface area contributed by atoms with Gasteiger partial charge in [-0.2, -0.15) is 0 Å². The number of hydrogen-bond acceptors (Lipinski definition) is 4. The van der Waals surface area contributed by atoms with E-state index >= 15 is 0 Å². The summed E-state index contributed by atoms with van der Waals surface area (Å²) in [5.74, 6) is -0.0118. The van der Waals surface area contributed by atoms with Gasteiger partial charge < -0.3 is 9.84 Å². The smallest absolute Gasteiger partial charge is 0.330 e. The lowest BCUT2D eigenvalue weighted by atomic mass is 9.91. The third kappa shape index (κ3) is 6.54. The van der Waals surface area contributed by atoms with Crippen molar-refractivity contribution in [3.63, 3.8) is 0 Å². The standard InChI is InChI=1S/C17H24O4/c1-13(7-10-17(20)21-2)5-3-4-6-14-8-9-16(19)11-15(14)12-18/h6-7,10-13,16,19H,3-5,8-9H2,1-2H3/b10-7+,14-6+/t13-,16?/m1/s1. The molecule has 1 aliphatic carbocycles. The predicted octanol–water partition coefficient (Wildman–Crippen LogP) is 2.73. The van der Waals surface area contributed by atoms with E-state index < -0.39 is 6.10 Å². The van der Waals surface area contributed by atoms with Crippen LogP contribution in [0.15, 0.2) is 35.5 Å². The molecule has 0 saturated heterocycles. The highest BCUT2D eigenvalue weighted by atomic mass is 16.5. The first-order valence-electron chi connectivity index (χ1n) is 7.37. The average molecular weight is 292 g/mol. The zero-order valence-electron chi connectivity index (χ0n) is 12.7. The highest BCUT2D eigenvalue weighted by Crippen LogP contribution is 2.24. The molecule has 0 fully saturated rings. The van der Waals surface area contributed by atoms with Gasteiger partial charge >= 0.3 is 5.97 Å². The molecule has 0 bridgehead atoms. The third-order valence-corrected chi connectivity index (χ3v) is 3.60. The number of aldehydes is 1. The molecule has 1 N–H and O–H groups in total. The van der Waals surface area contributed by atoms with Crippen LogP contribution in [0.2, 0.25) is 0 Å². The first kappa shape index (κ1) is 17.4. The molecule has 0 spiro atoms. The molecule has 1 unspecified atom stereocenters. The topological polar surface area (TPSA) is 63.6 Å². The van der Waals surface area contributed by atoms with E-state index in [0.29, 0.717) is 17.9 Å². The lowest BCUT2D eigenvalue weighted by Crippen LogP contribution is -2.11. The maximum absolute atomic E-state index is 11.0. The van der Waals surface area contributed by atoms with Crippen LogP contribution >= 0.6 is 0 Å². The highest BCUT2D eigenvalue weighted by molar-refractivity contribution is 5.81. The molecule has 21 heavy (non-hydrogen) atoms. The Hall–Kier alpha value is -1.68. The largest absolute Gasteiger partial charge is 0.466 e. The molecule has 1 rings (SSSR count). The van der Waals surface area contributed by atoms with E-state index in [1.165, 1.54) is 13.2 Å². The number of unbranched alkanes of at least 4 members (excludes halogenated alkanes) is 1. The van der Waals surface area contributed by atoms with Gasteiger partial charge in [0, 0.05) is 11.6 Å². The Balaban J connectivity index is 2.37. The van der Waals surface area contributed by atoms with Gasteiger partial charge in [-0.1, -0.05) is 19.1 Å². The summed E-state index contributed by atoms with van der Waals surface area (Å²) in [7, 11) is 1.36. The van der Waals surface area contributed by atoms with Crippen molar-refractivity contribution in [3.8, 4) is 0 Å². The van der Waals surface area contributed by atoms with Crippen molar-refractivity contribution >= 4 is 12.3 Å². The molecule has 0 radical (unpaired) electrons. The van der Waals surface area contributed by atoms with E-state index in [2.05, 4.69) is 17.7 Å². The van der Waals surface area contributed by atoms with Crippen molar-refractivity contribution in [1.29, 1.82) is 0 Å². The monoisotopic (exact) mass is 292 g/mol. The summed E-state index contributed by atoms with van der Waals surface area (Å²) in [4.78, 5) is 21.9. The fourth-order valence-electron chi connectivity index (χ4n) is 2.30. The number of methoxy groups -OCH3 is 1. The van der Waals surface area contributed by atoms with Gasteiger partial charge in [0.1, 0.15) is 6.29 Å². The Morgan fingerprint density at radius 1 is 1.57 bits per heavy atom. The molecule has 0 aromatic heterocycles. The molecule has 116 valence electrons. The number of ether oxygens (including phenoxy) is 1. The lowest BCUT2D eigenvalue weighted by Gasteiger charge is -2.17. The van der Waals surface area contributed by atoms with Crippen LogP contribution in [-0.4, -0.2) is 30.6 Å². The van der Waals surface area contributed by atoms with Crippen LogP contribution in [0, 0.1) is 5.92 Å². The van der Waals surface area contributed by atoms with Crippen molar-refractivity contribution in [2.45, 2.75) is 45.1 Å². The number of hydrogen-bond donors (Lipinski definition) is 1. The minimum Gasteiger partial charge on any atom is -0.466 e. The summed E-state index contributed by atoms with van der Waals surface area (Å²) in [5.41, 5.74) is 1.65. The molecular formula is C17H24O4. The Kier molecular flexibility index (Phi) is 7.69. The lowest BCUT2D eigenvalue weighted by molar-refractivity contribution is -0.134. The number of allylic oxidation sites excluding steroid dienone is 4. The van der Waals surface area contributed by atoms with Crippen LogP contribution < -0.4 is 0 Å². The van der Waals surface area contributed by atoms with E-state index in [0.717, 1.165) is 37.5 Å².